The van der Waals surface area contributed by atoms with Gasteiger partial charge in [0.05, 0.1) is 5.56 Å². The van der Waals surface area contributed by atoms with Gasteiger partial charge in [-0.15, -0.1) is 0 Å². The third kappa shape index (κ3) is 3.52. The van der Waals surface area contributed by atoms with Gasteiger partial charge in [0, 0.05) is 10.7 Å². The predicted octanol–water partition coefficient (Wildman–Crippen LogP) is 2.78. The van der Waals surface area contributed by atoms with Crippen molar-refractivity contribution < 1.29 is 19.8 Å². The highest BCUT2D eigenvalue weighted by Crippen LogP contribution is 2.24. The van der Waals surface area contributed by atoms with E-state index < -0.39 is 18.4 Å². The quantitative estimate of drug-likeness (QED) is 0.910. The highest BCUT2D eigenvalue weighted by Gasteiger charge is 2.22. The lowest BCUT2D eigenvalue weighted by Gasteiger charge is -2.21. The number of halogens is 1. The summed E-state index contributed by atoms with van der Waals surface area (Å²) in [6.07, 6.45) is 0. The predicted molar refractivity (Wildman–Crippen MR) is 78.9 cm³/mol. The van der Waals surface area contributed by atoms with Gasteiger partial charge in [0.1, 0.15) is 12.3 Å². The lowest BCUT2D eigenvalue weighted by molar-refractivity contribution is -0.135. The molecular weight excluding hydrogens is 294 g/mol. The lowest BCUT2D eigenvalue weighted by Crippen LogP contribution is -2.35. The third-order valence-electron chi connectivity index (χ3n) is 2.79. The van der Waals surface area contributed by atoms with E-state index in [9.17, 15) is 14.7 Å². The van der Waals surface area contributed by atoms with Crippen LogP contribution in [0.15, 0.2) is 48.5 Å². The summed E-state index contributed by atoms with van der Waals surface area (Å²) in [4.78, 5) is 24.5. The monoisotopic (exact) mass is 305 g/mol. The number of phenols is 1. The van der Waals surface area contributed by atoms with Gasteiger partial charge in [0.2, 0.25) is 0 Å². The van der Waals surface area contributed by atoms with Gasteiger partial charge in [-0.1, -0.05) is 29.8 Å². The molecule has 0 aliphatic heterocycles. The zero-order chi connectivity index (χ0) is 15.4. The number of aliphatic carboxylic acids is 1. The van der Waals surface area contributed by atoms with Crippen molar-refractivity contribution in [2.45, 2.75) is 0 Å². The van der Waals surface area contributed by atoms with Crippen LogP contribution in [0.1, 0.15) is 10.4 Å². The standard InChI is InChI=1S/C15H12ClNO4/c16-10-4-3-5-11(8-10)17(9-14(19)20)15(21)12-6-1-2-7-13(12)18/h1-8,18H,9H2,(H,19,20). The van der Waals surface area contributed by atoms with Crippen molar-refractivity contribution in [2.75, 3.05) is 11.4 Å². The van der Waals surface area contributed by atoms with Crippen LogP contribution in [0, 0.1) is 0 Å². The molecule has 0 aromatic heterocycles. The van der Waals surface area contributed by atoms with Crippen LogP contribution < -0.4 is 4.90 Å². The molecule has 2 rings (SSSR count). The maximum Gasteiger partial charge on any atom is 0.323 e. The Labute approximate surface area is 126 Å². The van der Waals surface area contributed by atoms with Crippen molar-refractivity contribution in [1.82, 2.24) is 0 Å². The summed E-state index contributed by atoms with van der Waals surface area (Å²) >= 11 is 5.87. The molecule has 5 nitrogen and oxygen atoms in total. The number of rotatable bonds is 4. The minimum Gasteiger partial charge on any atom is -0.507 e. The van der Waals surface area contributed by atoms with Crippen LogP contribution in [-0.4, -0.2) is 28.6 Å². The van der Waals surface area contributed by atoms with E-state index in [1.807, 2.05) is 0 Å². The summed E-state index contributed by atoms with van der Waals surface area (Å²) in [6, 6.07) is 12.3. The van der Waals surface area contributed by atoms with Gasteiger partial charge < -0.3 is 10.2 Å². The summed E-state index contributed by atoms with van der Waals surface area (Å²) < 4.78 is 0. The molecule has 0 aliphatic carbocycles. The molecule has 0 bridgehead atoms. The van der Waals surface area contributed by atoms with Crippen LogP contribution in [0.2, 0.25) is 5.02 Å². The van der Waals surface area contributed by atoms with Crippen molar-refractivity contribution in [1.29, 1.82) is 0 Å². The van der Waals surface area contributed by atoms with E-state index >= 15 is 0 Å². The number of carbonyl (C=O) groups excluding carboxylic acids is 1. The van der Waals surface area contributed by atoms with Crippen LogP contribution >= 0.6 is 11.6 Å². The van der Waals surface area contributed by atoms with Crippen LogP contribution in [0.3, 0.4) is 0 Å². The first-order chi connectivity index (χ1) is 9.99. The first-order valence-electron chi connectivity index (χ1n) is 6.06. The molecule has 0 spiro atoms. The van der Waals surface area contributed by atoms with E-state index in [-0.39, 0.29) is 11.3 Å². The molecule has 0 radical (unpaired) electrons. The molecule has 0 aliphatic rings. The Hall–Kier alpha value is -2.53. The van der Waals surface area contributed by atoms with Crippen LogP contribution in [-0.2, 0) is 4.79 Å². The second kappa shape index (κ2) is 6.28. The molecule has 108 valence electrons. The molecule has 0 fully saturated rings. The Morgan fingerprint density at radius 2 is 1.81 bits per heavy atom. The first kappa shape index (κ1) is 14.9. The van der Waals surface area contributed by atoms with Crippen molar-refractivity contribution in [2.24, 2.45) is 0 Å². The number of aromatic hydroxyl groups is 1. The number of benzene rings is 2. The average molecular weight is 306 g/mol. The highest BCUT2D eigenvalue weighted by atomic mass is 35.5. The number of hydrogen-bond acceptors (Lipinski definition) is 3. The zero-order valence-corrected chi connectivity index (χ0v) is 11.6. The summed E-state index contributed by atoms with van der Waals surface area (Å²) in [5.41, 5.74) is 0.372. The van der Waals surface area contributed by atoms with Gasteiger partial charge in [-0.25, -0.2) is 0 Å². The van der Waals surface area contributed by atoms with E-state index in [2.05, 4.69) is 0 Å². The van der Waals surface area contributed by atoms with Crippen molar-refractivity contribution in [3.63, 3.8) is 0 Å². The molecule has 0 atom stereocenters. The number of hydrogen-bond donors (Lipinski definition) is 2. The minimum atomic E-state index is -1.17. The Bertz CT molecular complexity index is 687. The number of anilines is 1. The van der Waals surface area contributed by atoms with Gasteiger partial charge in [0.25, 0.3) is 5.91 Å². The van der Waals surface area contributed by atoms with Gasteiger partial charge in [-0.05, 0) is 30.3 Å². The Balaban J connectivity index is 2.43. The molecule has 6 heteroatoms. The number of para-hydroxylation sites is 1. The maximum absolute atomic E-state index is 12.5. The molecule has 0 saturated carbocycles. The summed E-state index contributed by atoms with van der Waals surface area (Å²) in [6.45, 7) is -0.534. The van der Waals surface area contributed by atoms with Gasteiger partial charge >= 0.3 is 5.97 Å². The number of carboxylic acid groups (broad SMARTS) is 1. The summed E-state index contributed by atoms with van der Waals surface area (Å²) in [5.74, 6) is -1.99. The van der Waals surface area contributed by atoms with Gasteiger partial charge in [-0.3, -0.25) is 14.5 Å². The van der Waals surface area contributed by atoms with Crippen LogP contribution in [0.25, 0.3) is 0 Å². The van der Waals surface area contributed by atoms with Crippen LogP contribution in [0.5, 0.6) is 5.75 Å². The normalized spacial score (nSPS) is 10.1. The fourth-order valence-electron chi connectivity index (χ4n) is 1.86. The highest BCUT2D eigenvalue weighted by molar-refractivity contribution is 6.31. The van der Waals surface area contributed by atoms with Crippen molar-refractivity contribution in [3.8, 4) is 5.75 Å². The van der Waals surface area contributed by atoms with Crippen molar-refractivity contribution in [3.05, 3.63) is 59.1 Å². The van der Waals surface area contributed by atoms with E-state index in [0.29, 0.717) is 10.7 Å². The molecule has 1 amide bonds. The fourth-order valence-corrected chi connectivity index (χ4v) is 2.04. The number of phenolic OH excluding ortho intramolecular Hbond substituents is 1. The van der Waals surface area contributed by atoms with E-state index in [0.717, 1.165) is 4.90 Å². The maximum atomic E-state index is 12.5. The molecule has 2 aromatic carbocycles. The average Bonchev–Trinajstić information content (AvgIpc) is 2.44. The second-order valence-electron chi connectivity index (χ2n) is 4.28. The SMILES string of the molecule is O=C(O)CN(C(=O)c1ccccc1O)c1cccc(Cl)c1. The minimum absolute atomic E-state index is 0.0266. The van der Waals surface area contributed by atoms with E-state index in [1.54, 1.807) is 30.3 Å². The smallest absolute Gasteiger partial charge is 0.323 e. The molecule has 2 N–H and O–H groups in total. The third-order valence-corrected chi connectivity index (χ3v) is 3.03. The molecular formula is C15H12ClNO4. The Kier molecular flexibility index (Phi) is 4.45. The molecule has 0 unspecified atom stereocenters. The summed E-state index contributed by atoms with van der Waals surface area (Å²) in [5, 5.41) is 19.1. The number of amides is 1. The topological polar surface area (TPSA) is 77.8 Å². The lowest BCUT2D eigenvalue weighted by atomic mass is 10.1. The molecule has 0 saturated heterocycles. The van der Waals surface area contributed by atoms with Crippen LogP contribution in [0.4, 0.5) is 5.69 Å². The fraction of sp³-hybridized carbons (Fsp3) is 0.0667. The largest absolute Gasteiger partial charge is 0.507 e. The number of carboxylic acids is 1. The first-order valence-corrected chi connectivity index (χ1v) is 6.44. The van der Waals surface area contributed by atoms with Gasteiger partial charge in [0.15, 0.2) is 0 Å². The summed E-state index contributed by atoms with van der Waals surface area (Å²) in [7, 11) is 0. The zero-order valence-electron chi connectivity index (χ0n) is 10.9. The molecule has 21 heavy (non-hydrogen) atoms. The number of nitrogens with zero attached hydrogens (tertiary/aromatic N) is 1. The molecule has 2 aromatic rings. The van der Waals surface area contributed by atoms with Crippen molar-refractivity contribution >= 4 is 29.2 Å². The van der Waals surface area contributed by atoms with E-state index in [4.69, 9.17) is 16.7 Å². The Morgan fingerprint density at radius 1 is 1.10 bits per heavy atom. The second-order valence-corrected chi connectivity index (χ2v) is 4.72. The Morgan fingerprint density at radius 3 is 2.43 bits per heavy atom. The molecule has 0 heterocycles. The number of carbonyl (C=O) groups is 2. The van der Waals surface area contributed by atoms with E-state index in [1.165, 1.54) is 18.2 Å². The van der Waals surface area contributed by atoms with Gasteiger partial charge in [-0.2, -0.15) is 0 Å².